The number of nitrogens with zero attached hydrogens (tertiary/aromatic N) is 1. The van der Waals surface area contributed by atoms with Crippen LogP contribution in [-0.4, -0.2) is 29.0 Å². The molecule has 3 rings (SSSR count). The van der Waals surface area contributed by atoms with E-state index >= 15 is 0 Å². The number of benzene rings is 2. The molecule has 0 saturated heterocycles. The standard InChI is InChI=1S/C24H29BN4O3S/c26-21(16-29(27)22-9-5-2-6-10-22)15-20(13-18-7-3-1-4-8-18)24(30)28-23(25(31)32)14-19-11-12-33-17-19/h1-12,16-17,20,23,31-32H,13-15,26-27H2,(H,28,30)/b21-16-/t20-,23+/m1/s1. The van der Waals surface area contributed by atoms with E-state index in [2.05, 4.69) is 5.32 Å². The number of carbonyl (C=O) groups is 1. The molecule has 2 atom stereocenters. The van der Waals surface area contributed by atoms with E-state index in [0.29, 0.717) is 18.5 Å². The highest BCUT2D eigenvalue weighted by Crippen LogP contribution is 2.18. The maximum Gasteiger partial charge on any atom is 0.475 e. The number of nitrogens with two attached hydrogens (primary N) is 2. The van der Waals surface area contributed by atoms with Crippen LogP contribution < -0.4 is 21.9 Å². The lowest BCUT2D eigenvalue weighted by Crippen LogP contribution is -2.50. The first kappa shape index (κ1) is 24.5. The van der Waals surface area contributed by atoms with Gasteiger partial charge in [-0.15, -0.1) is 0 Å². The second kappa shape index (κ2) is 12.2. The van der Waals surface area contributed by atoms with E-state index in [0.717, 1.165) is 16.8 Å². The fraction of sp³-hybridized carbons (Fsp3) is 0.208. The second-order valence-corrected chi connectivity index (χ2v) is 8.68. The number of hydrazine groups is 1. The summed E-state index contributed by atoms with van der Waals surface area (Å²) in [5.74, 6) is 4.46. The Morgan fingerprint density at radius 1 is 1.03 bits per heavy atom. The fourth-order valence-electron chi connectivity index (χ4n) is 3.54. The van der Waals surface area contributed by atoms with Crippen LogP contribution in [0.15, 0.2) is 89.4 Å². The molecule has 3 aromatic rings. The van der Waals surface area contributed by atoms with Gasteiger partial charge < -0.3 is 21.1 Å². The first-order valence-electron chi connectivity index (χ1n) is 10.7. The maximum atomic E-state index is 13.2. The van der Waals surface area contributed by atoms with Crippen molar-refractivity contribution in [3.63, 3.8) is 0 Å². The van der Waals surface area contributed by atoms with Crippen molar-refractivity contribution in [1.29, 1.82) is 0 Å². The monoisotopic (exact) mass is 464 g/mol. The number of para-hydroxylation sites is 1. The third-order valence-electron chi connectivity index (χ3n) is 5.26. The SMILES string of the molecule is N/C(=C\N(N)c1ccccc1)C[C@@H](Cc1ccccc1)C(=O)N[C@@H](Cc1ccsc1)B(O)O. The topological polar surface area (TPSA) is 125 Å². The summed E-state index contributed by atoms with van der Waals surface area (Å²) in [5.41, 5.74) is 9.39. The quantitative estimate of drug-likeness (QED) is 0.168. The van der Waals surface area contributed by atoms with Crippen LogP contribution in [0.1, 0.15) is 17.5 Å². The maximum absolute atomic E-state index is 13.2. The number of carbonyl (C=O) groups excluding carboxylic acids is 1. The van der Waals surface area contributed by atoms with E-state index in [-0.39, 0.29) is 12.3 Å². The van der Waals surface area contributed by atoms with E-state index in [1.165, 1.54) is 16.3 Å². The zero-order chi connectivity index (χ0) is 23.6. The number of hydrogen-bond acceptors (Lipinski definition) is 7. The molecule has 0 spiro atoms. The minimum atomic E-state index is -1.68. The summed E-state index contributed by atoms with van der Waals surface area (Å²) in [4.78, 5) is 13.2. The van der Waals surface area contributed by atoms with Crippen molar-refractivity contribution in [3.05, 3.63) is 101 Å². The van der Waals surface area contributed by atoms with Gasteiger partial charge in [-0.05, 0) is 52.9 Å². The molecule has 9 heteroatoms. The van der Waals surface area contributed by atoms with Crippen LogP contribution in [-0.2, 0) is 17.6 Å². The largest absolute Gasteiger partial charge is 0.475 e. The summed E-state index contributed by atoms with van der Waals surface area (Å²) in [6, 6.07) is 20.9. The highest BCUT2D eigenvalue weighted by Gasteiger charge is 2.29. The van der Waals surface area contributed by atoms with Crippen molar-refractivity contribution in [2.45, 2.75) is 25.2 Å². The molecular weight excluding hydrogens is 435 g/mol. The molecule has 0 aliphatic rings. The van der Waals surface area contributed by atoms with E-state index in [1.807, 2.05) is 77.5 Å². The molecule has 1 amide bonds. The summed E-state index contributed by atoms with van der Waals surface area (Å²) < 4.78 is 0. The molecule has 0 radical (unpaired) electrons. The predicted molar refractivity (Wildman–Crippen MR) is 134 cm³/mol. The Morgan fingerprint density at radius 3 is 2.30 bits per heavy atom. The van der Waals surface area contributed by atoms with Gasteiger partial charge in [-0.25, -0.2) is 5.84 Å². The van der Waals surface area contributed by atoms with Crippen molar-refractivity contribution in [1.82, 2.24) is 5.32 Å². The van der Waals surface area contributed by atoms with Gasteiger partial charge in [0.25, 0.3) is 0 Å². The van der Waals surface area contributed by atoms with E-state index in [4.69, 9.17) is 11.6 Å². The van der Waals surface area contributed by atoms with Gasteiger partial charge in [0.05, 0.1) is 11.6 Å². The van der Waals surface area contributed by atoms with Crippen molar-refractivity contribution in [2.75, 3.05) is 5.01 Å². The van der Waals surface area contributed by atoms with Crippen LogP contribution in [0.4, 0.5) is 5.69 Å². The minimum absolute atomic E-state index is 0.258. The van der Waals surface area contributed by atoms with Gasteiger partial charge in [0.15, 0.2) is 0 Å². The van der Waals surface area contributed by atoms with Gasteiger partial charge in [-0.1, -0.05) is 48.5 Å². The Bertz CT molecular complexity index is 1020. The molecule has 7 N–H and O–H groups in total. The number of rotatable bonds is 11. The summed E-state index contributed by atoms with van der Waals surface area (Å²) >= 11 is 1.52. The predicted octanol–water partition coefficient (Wildman–Crippen LogP) is 2.22. The van der Waals surface area contributed by atoms with Gasteiger partial charge in [0.1, 0.15) is 0 Å². The van der Waals surface area contributed by atoms with Gasteiger partial charge in [0, 0.05) is 24.2 Å². The molecule has 0 saturated carbocycles. The molecule has 7 nitrogen and oxygen atoms in total. The molecule has 0 fully saturated rings. The Morgan fingerprint density at radius 2 is 1.70 bits per heavy atom. The lowest BCUT2D eigenvalue weighted by Gasteiger charge is -2.23. The highest BCUT2D eigenvalue weighted by molar-refractivity contribution is 7.07. The number of hydrogen-bond donors (Lipinski definition) is 5. The lowest BCUT2D eigenvalue weighted by molar-refractivity contribution is -0.125. The van der Waals surface area contributed by atoms with E-state index in [9.17, 15) is 14.8 Å². The third-order valence-corrected chi connectivity index (χ3v) is 5.99. The molecule has 1 aromatic heterocycles. The van der Waals surface area contributed by atoms with Crippen LogP contribution in [0.2, 0.25) is 0 Å². The Hall–Kier alpha value is -3.11. The Kier molecular flexibility index (Phi) is 9.09. The first-order chi connectivity index (χ1) is 15.9. The summed E-state index contributed by atoms with van der Waals surface area (Å²) in [7, 11) is -1.68. The second-order valence-electron chi connectivity index (χ2n) is 7.90. The summed E-state index contributed by atoms with van der Waals surface area (Å²) in [6.45, 7) is 0. The number of anilines is 1. The van der Waals surface area contributed by atoms with Crippen molar-refractivity contribution < 1.29 is 14.8 Å². The van der Waals surface area contributed by atoms with E-state index < -0.39 is 19.0 Å². The van der Waals surface area contributed by atoms with Crippen LogP contribution in [0.25, 0.3) is 0 Å². The summed E-state index contributed by atoms with van der Waals surface area (Å²) in [5, 5.41) is 27.7. The average molecular weight is 464 g/mol. The average Bonchev–Trinajstić information content (AvgIpc) is 3.32. The number of nitrogens with one attached hydrogen (secondary N) is 1. The summed E-state index contributed by atoms with van der Waals surface area (Å²) in [6.07, 6.45) is 2.63. The Labute approximate surface area is 198 Å². The third kappa shape index (κ3) is 7.76. The fourth-order valence-corrected chi connectivity index (χ4v) is 4.22. The number of amides is 1. The minimum Gasteiger partial charge on any atom is -0.426 e. The zero-order valence-electron chi connectivity index (χ0n) is 18.2. The smallest absolute Gasteiger partial charge is 0.426 e. The van der Waals surface area contributed by atoms with Crippen molar-refractivity contribution in [2.24, 2.45) is 17.5 Å². The molecule has 0 aliphatic heterocycles. The van der Waals surface area contributed by atoms with E-state index in [1.54, 1.807) is 6.20 Å². The molecular formula is C24H29BN4O3S. The van der Waals surface area contributed by atoms with Crippen LogP contribution >= 0.6 is 11.3 Å². The molecule has 2 aromatic carbocycles. The van der Waals surface area contributed by atoms with Crippen LogP contribution in [0.5, 0.6) is 0 Å². The molecule has 172 valence electrons. The van der Waals surface area contributed by atoms with Gasteiger partial charge >= 0.3 is 7.12 Å². The first-order valence-corrected chi connectivity index (χ1v) is 11.6. The van der Waals surface area contributed by atoms with Gasteiger partial charge in [-0.2, -0.15) is 11.3 Å². The highest BCUT2D eigenvalue weighted by atomic mass is 32.1. The molecule has 1 heterocycles. The van der Waals surface area contributed by atoms with Gasteiger partial charge in [-0.3, -0.25) is 9.80 Å². The Balaban J connectivity index is 1.74. The molecule has 0 unspecified atom stereocenters. The van der Waals surface area contributed by atoms with Crippen LogP contribution in [0, 0.1) is 5.92 Å². The molecule has 0 bridgehead atoms. The van der Waals surface area contributed by atoms with Crippen LogP contribution in [0.3, 0.4) is 0 Å². The lowest BCUT2D eigenvalue weighted by atomic mass is 9.75. The number of thiophene rings is 1. The number of allylic oxidation sites excluding steroid dienone is 1. The zero-order valence-corrected chi connectivity index (χ0v) is 19.1. The van der Waals surface area contributed by atoms with Crippen molar-refractivity contribution >= 4 is 30.0 Å². The molecule has 0 aliphatic carbocycles. The molecule has 33 heavy (non-hydrogen) atoms. The van der Waals surface area contributed by atoms with Gasteiger partial charge in [0.2, 0.25) is 5.91 Å². The normalized spacial score (nSPS) is 13.2. The van der Waals surface area contributed by atoms with Crippen molar-refractivity contribution in [3.8, 4) is 0 Å².